The number of hydrogen-bond acceptors (Lipinski definition) is 5. The van der Waals surface area contributed by atoms with Gasteiger partial charge in [0, 0.05) is 34.2 Å². The number of nitrogens with zero attached hydrogens (tertiary/aromatic N) is 2. The molecule has 0 radical (unpaired) electrons. The summed E-state index contributed by atoms with van der Waals surface area (Å²) < 4.78 is 11.4. The summed E-state index contributed by atoms with van der Waals surface area (Å²) in [4.78, 5) is 31.3. The van der Waals surface area contributed by atoms with Crippen LogP contribution in [0.2, 0.25) is 5.02 Å². The Labute approximate surface area is 220 Å². The van der Waals surface area contributed by atoms with Gasteiger partial charge in [0.05, 0.1) is 13.2 Å². The predicted molar refractivity (Wildman–Crippen MR) is 143 cm³/mol. The zero-order valence-corrected chi connectivity index (χ0v) is 22.1. The minimum absolute atomic E-state index is 0.0425. The Hall–Kier alpha value is -3.23. The first-order valence-electron chi connectivity index (χ1n) is 11.8. The molecule has 3 amide bonds. The number of ether oxygens (including phenoxy) is 2. The van der Waals surface area contributed by atoms with Gasteiger partial charge in [-0.3, -0.25) is 4.79 Å². The number of methoxy groups -OCH3 is 1. The van der Waals surface area contributed by atoms with Crippen molar-refractivity contribution in [3.63, 3.8) is 0 Å². The second-order valence-corrected chi connectivity index (χ2v) is 10.2. The summed E-state index contributed by atoms with van der Waals surface area (Å²) >= 11 is 7.75. The van der Waals surface area contributed by atoms with Crippen LogP contribution in [0.25, 0.3) is 0 Å². The Morgan fingerprint density at radius 1 is 1.17 bits per heavy atom. The quantitative estimate of drug-likeness (QED) is 0.398. The fraction of sp³-hybridized carbons (Fsp3) is 0.333. The van der Waals surface area contributed by atoms with Crippen molar-refractivity contribution in [2.75, 3.05) is 32.1 Å². The maximum atomic E-state index is 13.6. The van der Waals surface area contributed by atoms with Gasteiger partial charge < -0.3 is 24.6 Å². The molecule has 1 unspecified atom stereocenters. The van der Waals surface area contributed by atoms with Crippen LogP contribution in [-0.4, -0.2) is 54.6 Å². The highest BCUT2D eigenvalue weighted by molar-refractivity contribution is 7.10. The topological polar surface area (TPSA) is 71.1 Å². The monoisotopic (exact) mass is 527 g/mol. The molecule has 7 nitrogen and oxygen atoms in total. The van der Waals surface area contributed by atoms with E-state index in [0.29, 0.717) is 35.4 Å². The number of urea groups is 1. The lowest BCUT2D eigenvalue weighted by molar-refractivity contribution is -0.135. The fourth-order valence-electron chi connectivity index (χ4n) is 4.23. The molecule has 0 fully saturated rings. The maximum absolute atomic E-state index is 13.6. The third-order valence-electron chi connectivity index (χ3n) is 6.13. The number of anilines is 1. The average molecular weight is 528 g/mol. The second kappa shape index (κ2) is 11.7. The molecule has 36 heavy (non-hydrogen) atoms. The van der Waals surface area contributed by atoms with Crippen molar-refractivity contribution >= 4 is 40.6 Å². The summed E-state index contributed by atoms with van der Waals surface area (Å²) in [5.41, 5.74) is 1.68. The van der Waals surface area contributed by atoms with Gasteiger partial charge in [0.1, 0.15) is 24.7 Å². The van der Waals surface area contributed by atoms with Crippen LogP contribution < -0.4 is 14.8 Å². The molecule has 0 aliphatic carbocycles. The van der Waals surface area contributed by atoms with E-state index >= 15 is 0 Å². The van der Waals surface area contributed by atoms with Crippen molar-refractivity contribution < 1.29 is 19.1 Å². The van der Waals surface area contributed by atoms with Crippen LogP contribution in [0.3, 0.4) is 0 Å². The highest BCUT2D eigenvalue weighted by Gasteiger charge is 2.34. The summed E-state index contributed by atoms with van der Waals surface area (Å²) in [7, 11) is 1.61. The molecule has 0 saturated carbocycles. The Morgan fingerprint density at radius 2 is 1.94 bits per heavy atom. The van der Waals surface area contributed by atoms with E-state index in [4.69, 9.17) is 21.1 Å². The zero-order valence-electron chi connectivity index (χ0n) is 20.6. The van der Waals surface area contributed by atoms with Crippen molar-refractivity contribution in [2.45, 2.75) is 32.4 Å². The number of benzene rings is 2. The summed E-state index contributed by atoms with van der Waals surface area (Å²) in [6.07, 6.45) is 0.783. The van der Waals surface area contributed by atoms with Crippen LogP contribution in [0, 0.1) is 0 Å². The smallest absolute Gasteiger partial charge is 0.322 e. The summed E-state index contributed by atoms with van der Waals surface area (Å²) in [5.74, 6) is 1.26. The SMILES string of the molecule is COc1cccc(OCC2c3ccsc3CCN2C(=O)CN(C(=O)Nc2cccc(Cl)c2)C(C)C)c1. The van der Waals surface area contributed by atoms with E-state index in [1.54, 1.807) is 42.7 Å². The number of nitrogens with one attached hydrogen (secondary N) is 1. The Morgan fingerprint density at radius 3 is 2.69 bits per heavy atom. The van der Waals surface area contributed by atoms with Crippen molar-refractivity contribution in [3.05, 3.63) is 75.4 Å². The lowest BCUT2D eigenvalue weighted by Gasteiger charge is -2.37. The van der Waals surface area contributed by atoms with Gasteiger partial charge in [-0.2, -0.15) is 0 Å². The third kappa shape index (κ3) is 6.12. The number of thiophene rings is 1. The molecule has 9 heteroatoms. The van der Waals surface area contributed by atoms with E-state index in [9.17, 15) is 9.59 Å². The van der Waals surface area contributed by atoms with Gasteiger partial charge in [0.25, 0.3) is 0 Å². The number of hydrogen-bond donors (Lipinski definition) is 1. The zero-order chi connectivity index (χ0) is 25.7. The number of rotatable bonds is 8. The number of amides is 3. The lowest BCUT2D eigenvalue weighted by atomic mass is 10.0. The summed E-state index contributed by atoms with van der Waals surface area (Å²) in [6, 6.07) is 15.6. The first-order chi connectivity index (χ1) is 17.4. The summed E-state index contributed by atoms with van der Waals surface area (Å²) in [5, 5.41) is 5.43. The molecule has 0 bridgehead atoms. The maximum Gasteiger partial charge on any atom is 0.322 e. The Balaban J connectivity index is 1.49. The lowest BCUT2D eigenvalue weighted by Crippen LogP contribution is -2.50. The number of carbonyl (C=O) groups is 2. The van der Waals surface area contributed by atoms with Gasteiger partial charge in [-0.25, -0.2) is 4.79 Å². The largest absolute Gasteiger partial charge is 0.497 e. The molecule has 2 heterocycles. The first-order valence-corrected chi connectivity index (χ1v) is 13.1. The van der Waals surface area contributed by atoms with Crippen molar-refractivity contribution in [2.24, 2.45) is 0 Å². The van der Waals surface area contributed by atoms with Crippen LogP contribution in [0.15, 0.2) is 60.0 Å². The predicted octanol–water partition coefficient (Wildman–Crippen LogP) is 5.86. The molecule has 1 aliphatic heterocycles. The van der Waals surface area contributed by atoms with E-state index in [2.05, 4.69) is 16.8 Å². The third-order valence-corrected chi connectivity index (χ3v) is 7.36. The molecule has 1 atom stereocenters. The second-order valence-electron chi connectivity index (χ2n) is 8.80. The Kier molecular flexibility index (Phi) is 8.38. The Bertz CT molecular complexity index is 1210. The minimum Gasteiger partial charge on any atom is -0.497 e. The number of halogens is 1. The molecule has 2 aromatic carbocycles. The normalized spacial score (nSPS) is 14.8. The van der Waals surface area contributed by atoms with E-state index < -0.39 is 0 Å². The molecular weight excluding hydrogens is 498 g/mol. The molecule has 1 aliphatic rings. The van der Waals surface area contributed by atoms with E-state index in [1.807, 2.05) is 43.0 Å². The number of fused-ring (bicyclic) bond motifs is 1. The molecule has 1 N–H and O–H groups in total. The molecule has 3 aromatic rings. The fourth-order valence-corrected chi connectivity index (χ4v) is 5.35. The summed E-state index contributed by atoms with van der Waals surface area (Å²) in [6.45, 7) is 4.61. The van der Waals surface area contributed by atoms with E-state index in [-0.39, 0.29) is 30.6 Å². The van der Waals surface area contributed by atoms with Gasteiger partial charge in [0.15, 0.2) is 0 Å². The van der Waals surface area contributed by atoms with E-state index in [0.717, 1.165) is 12.0 Å². The van der Waals surface area contributed by atoms with Crippen molar-refractivity contribution in [1.82, 2.24) is 9.80 Å². The van der Waals surface area contributed by atoms with Crippen LogP contribution >= 0.6 is 22.9 Å². The van der Waals surface area contributed by atoms with Crippen molar-refractivity contribution in [3.8, 4) is 11.5 Å². The van der Waals surface area contributed by atoms with Gasteiger partial charge in [-0.05, 0) is 67.6 Å². The molecule has 0 saturated heterocycles. The average Bonchev–Trinajstić information content (AvgIpc) is 3.34. The standard InChI is InChI=1S/C27H30ClN3O4S/c1-18(2)31(27(33)29-20-7-4-6-19(28)14-20)16-26(32)30-12-10-25-23(11-13-36-25)24(30)17-35-22-9-5-8-21(15-22)34-3/h4-9,11,13-15,18,24H,10,12,16-17H2,1-3H3,(H,29,33). The van der Waals surface area contributed by atoms with Gasteiger partial charge in [-0.15, -0.1) is 11.3 Å². The minimum atomic E-state index is -0.349. The molecule has 190 valence electrons. The molecule has 1 aromatic heterocycles. The van der Waals surface area contributed by atoms with Crippen LogP contribution in [0.5, 0.6) is 11.5 Å². The van der Waals surface area contributed by atoms with E-state index in [1.165, 1.54) is 9.78 Å². The number of carbonyl (C=O) groups excluding carboxylic acids is 2. The van der Waals surface area contributed by atoms with Crippen molar-refractivity contribution in [1.29, 1.82) is 0 Å². The first kappa shape index (κ1) is 25.9. The molecule has 0 spiro atoms. The van der Waals surface area contributed by atoms with Gasteiger partial charge >= 0.3 is 6.03 Å². The van der Waals surface area contributed by atoms with Crippen LogP contribution in [-0.2, 0) is 11.2 Å². The van der Waals surface area contributed by atoms with Crippen LogP contribution in [0.1, 0.15) is 30.3 Å². The van der Waals surface area contributed by atoms with Crippen LogP contribution in [0.4, 0.5) is 10.5 Å². The molecule has 4 rings (SSSR count). The highest BCUT2D eigenvalue weighted by Crippen LogP contribution is 2.34. The molecular formula is C27H30ClN3O4S. The van der Waals surface area contributed by atoms with Gasteiger partial charge in [-0.1, -0.05) is 23.7 Å². The van der Waals surface area contributed by atoms with Gasteiger partial charge in [0.2, 0.25) is 5.91 Å². The highest BCUT2D eigenvalue weighted by atomic mass is 35.5.